The molecule has 15 nitrogen and oxygen atoms in total. The third kappa shape index (κ3) is 8.48. The van der Waals surface area contributed by atoms with Gasteiger partial charge in [0, 0.05) is 37.8 Å². The number of nitrogens with one attached hydrogen (secondary N) is 5. The lowest BCUT2D eigenvalue weighted by Gasteiger charge is -2.24. The highest BCUT2D eigenvalue weighted by Gasteiger charge is 2.36. The van der Waals surface area contributed by atoms with Crippen molar-refractivity contribution >= 4 is 39.7 Å². The Morgan fingerprint density at radius 3 is 2.50 bits per heavy atom. The van der Waals surface area contributed by atoms with Gasteiger partial charge >= 0.3 is 12.0 Å². The third-order valence-corrected chi connectivity index (χ3v) is 7.21. The zero-order valence-electron chi connectivity index (χ0n) is 21.1. The number of hydrogen-bond donors (Lipinski definition) is 6. The van der Waals surface area contributed by atoms with Gasteiger partial charge in [-0.15, -0.1) is 0 Å². The van der Waals surface area contributed by atoms with E-state index in [1.807, 2.05) is 4.72 Å². The summed E-state index contributed by atoms with van der Waals surface area (Å²) in [4.78, 5) is 68.0. The van der Waals surface area contributed by atoms with E-state index < -0.39 is 64.2 Å². The number of carboxylic acids is 1. The van der Waals surface area contributed by atoms with Crippen LogP contribution in [0.5, 0.6) is 0 Å². The number of benzene rings is 1. The second-order valence-electron chi connectivity index (χ2n) is 8.77. The number of likely N-dealkylation sites (tertiary alicyclic amines) is 1. The summed E-state index contributed by atoms with van der Waals surface area (Å²) >= 11 is 0. The number of carbonyl (C=O) groups excluding carboxylic acids is 4. The highest BCUT2D eigenvalue weighted by molar-refractivity contribution is 7.90. The number of halogens is 1. The van der Waals surface area contributed by atoms with Crippen LogP contribution in [0.1, 0.15) is 25.0 Å². The van der Waals surface area contributed by atoms with Crippen molar-refractivity contribution in [2.45, 2.75) is 42.7 Å². The Bertz CT molecular complexity index is 1340. The molecule has 0 saturated carbocycles. The Labute approximate surface area is 228 Å². The minimum absolute atomic E-state index is 0.00611. The number of aromatic nitrogens is 2. The number of hydrogen-bond acceptors (Lipinski definition) is 8. The van der Waals surface area contributed by atoms with E-state index in [1.54, 1.807) is 0 Å². The summed E-state index contributed by atoms with van der Waals surface area (Å²) in [6.07, 6.45) is 3.25. The van der Waals surface area contributed by atoms with Gasteiger partial charge in [0.25, 0.3) is 10.0 Å². The number of rotatable bonds is 12. The molecule has 0 spiro atoms. The molecule has 40 heavy (non-hydrogen) atoms. The Balaban J connectivity index is 1.41. The van der Waals surface area contributed by atoms with E-state index in [-0.39, 0.29) is 37.2 Å². The molecule has 2 heterocycles. The third-order valence-electron chi connectivity index (χ3n) is 5.87. The quantitative estimate of drug-likeness (QED) is 0.178. The first-order valence-electron chi connectivity index (χ1n) is 12.1. The monoisotopic (exact) mass is 581 g/mol. The molecule has 2 atom stereocenters. The minimum Gasteiger partial charge on any atom is -0.480 e. The topological polar surface area (TPSA) is 220 Å². The molecular formula is C23H28FN7O8S. The highest BCUT2D eigenvalue weighted by Crippen LogP contribution is 2.18. The Hall–Kier alpha value is -4.54. The van der Waals surface area contributed by atoms with Crippen molar-refractivity contribution in [3.63, 3.8) is 0 Å². The summed E-state index contributed by atoms with van der Waals surface area (Å²) in [5.74, 6) is -3.82. The average Bonchev–Trinajstić information content (AvgIpc) is 3.59. The predicted molar refractivity (Wildman–Crippen MR) is 134 cm³/mol. The summed E-state index contributed by atoms with van der Waals surface area (Å²) < 4.78 is 39.8. The second kappa shape index (κ2) is 13.5. The van der Waals surface area contributed by atoms with E-state index in [0.29, 0.717) is 12.1 Å². The SMILES string of the molecule is O=C(CNC(=O)[C@@H]1CCCN1C(=O)NS(=O)(=O)c1ccc(F)cc1)NCCC(=O)N[C@@H](Cc1cnc[nH]1)C(=O)O. The highest BCUT2D eigenvalue weighted by atomic mass is 32.2. The smallest absolute Gasteiger partial charge is 0.331 e. The summed E-state index contributed by atoms with van der Waals surface area (Å²) in [6, 6.07) is 0.589. The molecule has 1 aliphatic heterocycles. The molecule has 1 aromatic heterocycles. The summed E-state index contributed by atoms with van der Waals surface area (Å²) in [6.45, 7) is -0.504. The molecule has 6 N–H and O–H groups in total. The molecule has 1 aromatic carbocycles. The van der Waals surface area contributed by atoms with Crippen molar-refractivity contribution in [2.75, 3.05) is 19.6 Å². The molecule has 1 aliphatic rings. The lowest BCUT2D eigenvalue weighted by atomic mass is 10.1. The second-order valence-corrected chi connectivity index (χ2v) is 10.5. The predicted octanol–water partition coefficient (Wildman–Crippen LogP) is -1.15. The van der Waals surface area contributed by atoms with Crippen molar-refractivity contribution in [3.05, 3.63) is 48.3 Å². The van der Waals surface area contributed by atoms with Crippen molar-refractivity contribution < 1.29 is 41.9 Å². The van der Waals surface area contributed by atoms with Gasteiger partial charge in [-0.3, -0.25) is 14.4 Å². The number of urea groups is 1. The maximum atomic E-state index is 13.1. The Morgan fingerprint density at radius 1 is 1.12 bits per heavy atom. The van der Waals surface area contributed by atoms with Gasteiger partial charge in [0.05, 0.1) is 17.8 Å². The maximum absolute atomic E-state index is 13.1. The standard InChI is InChI=1S/C23H28FN7O8S/c24-14-3-5-16(6-4-14)40(38,39)30-23(37)31-9-1-2-18(31)21(34)27-12-20(33)26-8-7-19(32)29-17(22(35)36)10-15-11-25-13-28-15/h3-6,11,13,17-18H,1-2,7-10,12H2,(H,25,28)(H,26,33)(H,27,34)(H,29,32)(H,30,37)(H,35,36)/t17-,18-/m0/s1. The van der Waals surface area contributed by atoms with E-state index in [9.17, 15) is 41.9 Å². The van der Waals surface area contributed by atoms with Gasteiger partial charge in [0.1, 0.15) is 17.9 Å². The van der Waals surface area contributed by atoms with E-state index >= 15 is 0 Å². The van der Waals surface area contributed by atoms with Crippen LogP contribution in [0.15, 0.2) is 41.7 Å². The number of aliphatic carboxylic acids is 1. The molecule has 2 aromatic rings. The average molecular weight is 582 g/mol. The molecule has 17 heteroatoms. The van der Waals surface area contributed by atoms with Crippen LogP contribution in [-0.2, 0) is 35.6 Å². The van der Waals surface area contributed by atoms with Gasteiger partial charge in [-0.2, -0.15) is 0 Å². The molecule has 0 bridgehead atoms. The number of nitrogens with zero attached hydrogens (tertiary/aromatic N) is 2. The Kier molecular flexibility index (Phi) is 10.1. The zero-order chi connectivity index (χ0) is 29.3. The molecule has 216 valence electrons. The van der Waals surface area contributed by atoms with Crippen LogP contribution in [0.2, 0.25) is 0 Å². The minimum atomic E-state index is -4.30. The summed E-state index contributed by atoms with van der Waals surface area (Å²) in [5, 5.41) is 16.4. The largest absolute Gasteiger partial charge is 0.480 e. The van der Waals surface area contributed by atoms with Gasteiger partial charge in [-0.1, -0.05) is 0 Å². The number of amides is 5. The van der Waals surface area contributed by atoms with E-state index in [1.165, 1.54) is 12.5 Å². The van der Waals surface area contributed by atoms with Crippen LogP contribution in [-0.4, -0.2) is 89.8 Å². The van der Waals surface area contributed by atoms with Crippen molar-refractivity contribution in [1.82, 2.24) is 35.5 Å². The first-order valence-corrected chi connectivity index (χ1v) is 13.6. The fraction of sp³-hybridized carbons (Fsp3) is 0.391. The van der Waals surface area contributed by atoms with Crippen LogP contribution in [0, 0.1) is 5.82 Å². The summed E-state index contributed by atoms with van der Waals surface area (Å²) in [7, 11) is -4.30. The fourth-order valence-electron chi connectivity index (χ4n) is 3.87. The van der Waals surface area contributed by atoms with Crippen molar-refractivity contribution in [1.29, 1.82) is 0 Å². The van der Waals surface area contributed by atoms with Gasteiger partial charge in [-0.05, 0) is 37.1 Å². The molecule has 0 aliphatic carbocycles. The molecule has 0 radical (unpaired) electrons. The number of carboxylic acid groups (broad SMARTS) is 1. The van der Waals surface area contributed by atoms with Crippen LogP contribution in [0.3, 0.4) is 0 Å². The zero-order valence-corrected chi connectivity index (χ0v) is 21.9. The number of aromatic amines is 1. The number of carbonyl (C=O) groups is 5. The molecule has 0 unspecified atom stereocenters. The lowest BCUT2D eigenvalue weighted by Crippen LogP contribution is -2.51. The molecule has 3 rings (SSSR count). The van der Waals surface area contributed by atoms with E-state index in [0.717, 1.165) is 29.2 Å². The van der Waals surface area contributed by atoms with Gasteiger partial charge in [0.2, 0.25) is 17.7 Å². The van der Waals surface area contributed by atoms with Crippen LogP contribution < -0.4 is 20.7 Å². The lowest BCUT2D eigenvalue weighted by molar-refractivity contribution is -0.141. The van der Waals surface area contributed by atoms with Crippen LogP contribution in [0.4, 0.5) is 9.18 Å². The Morgan fingerprint density at radius 2 is 1.85 bits per heavy atom. The van der Waals surface area contributed by atoms with E-state index in [4.69, 9.17) is 0 Å². The number of imidazole rings is 1. The van der Waals surface area contributed by atoms with E-state index in [2.05, 4.69) is 25.9 Å². The fourth-order valence-corrected chi connectivity index (χ4v) is 4.83. The molecule has 1 saturated heterocycles. The van der Waals surface area contributed by atoms with Crippen molar-refractivity contribution in [3.8, 4) is 0 Å². The first-order chi connectivity index (χ1) is 19.0. The van der Waals surface area contributed by atoms with Crippen molar-refractivity contribution in [2.24, 2.45) is 0 Å². The normalized spacial score (nSPS) is 15.6. The summed E-state index contributed by atoms with van der Waals surface area (Å²) in [5.41, 5.74) is 0.518. The van der Waals surface area contributed by atoms with Crippen LogP contribution >= 0.6 is 0 Å². The first kappa shape index (κ1) is 30.0. The van der Waals surface area contributed by atoms with Crippen LogP contribution in [0.25, 0.3) is 0 Å². The number of H-pyrrole nitrogens is 1. The van der Waals surface area contributed by atoms with Gasteiger partial charge in [-0.25, -0.2) is 32.1 Å². The van der Waals surface area contributed by atoms with Gasteiger partial charge < -0.3 is 30.9 Å². The molecule has 1 fully saturated rings. The number of sulfonamides is 1. The molecule has 5 amide bonds. The molecular weight excluding hydrogens is 553 g/mol. The maximum Gasteiger partial charge on any atom is 0.331 e. The van der Waals surface area contributed by atoms with Gasteiger partial charge in [0.15, 0.2) is 0 Å².